The van der Waals surface area contributed by atoms with Crippen molar-refractivity contribution in [2.45, 2.75) is 65.2 Å². The monoisotopic (exact) mass is 396 g/mol. The van der Waals surface area contributed by atoms with Gasteiger partial charge in [0.05, 0.1) is 11.2 Å². The van der Waals surface area contributed by atoms with Gasteiger partial charge in [-0.15, -0.1) is 0 Å². The second kappa shape index (κ2) is 12.0. The number of rotatable bonds is 12. The van der Waals surface area contributed by atoms with Gasteiger partial charge in [-0.3, -0.25) is 0 Å². The van der Waals surface area contributed by atoms with Crippen molar-refractivity contribution in [1.29, 1.82) is 0 Å². The minimum absolute atomic E-state index is 0.811. The molecule has 0 spiro atoms. The molecule has 3 rings (SSSR count). The van der Waals surface area contributed by atoms with E-state index >= 15 is 0 Å². The molecule has 1 saturated carbocycles. The Balaban J connectivity index is 1.49. The first-order valence-electron chi connectivity index (χ1n) is 11.9. The Labute approximate surface area is 177 Å². The predicted molar refractivity (Wildman–Crippen MR) is 127 cm³/mol. The van der Waals surface area contributed by atoms with Crippen LogP contribution in [-0.2, 0) is 0 Å². The van der Waals surface area contributed by atoms with Gasteiger partial charge in [-0.05, 0) is 69.4 Å². The zero-order valence-corrected chi connectivity index (χ0v) is 18.6. The van der Waals surface area contributed by atoms with Gasteiger partial charge in [0.25, 0.3) is 0 Å². The van der Waals surface area contributed by atoms with Crippen LogP contribution in [0.3, 0.4) is 0 Å². The average Bonchev–Trinajstić information content (AvgIpc) is 2.78. The fourth-order valence-electron chi connectivity index (χ4n) is 4.43. The third-order valence-electron chi connectivity index (χ3n) is 6.38. The van der Waals surface area contributed by atoms with Crippen LogP contribution in [0.15, 0.2) is 30.3 Å². The molecule has 1 heterocycles. The minimum Gasteiger partial charge on any atom is -0.383 e. The topological polar surface area (TPSA) is 40.2 Å². The third kappa shape index (κ3) is 6.88. The van der Waals surface area contributed by atoms with Crippen molar-refractivity contribution in [2.24, 2.45) is 5.92 Å². The largest absolute Gasteiger partial charge is 0.383 e. The predicted octanol–water partition coefficient (Wildman–Crippen LogP) is 6.15. The van der Waals surface area contributed by atoms with Gasteiger partial charge in [0.1, 0.15) is 5.82 Å². The smallest absolute Gasteiger partial charge is 0.126 e. The third-order valence-corrected chi connectivity index (χ3v) is 6.38. The van der Waals surface area contributed by atoms with E-state index < -0.39 is 0 Å². The first-order chi connectivity index (χ1) is 14.3. The fraction of sp³-hybridized carbons (Fsp3) is 0.640. The average molecular weight is 397 g/mol. The van der Waals surface area contributed by atoms with Crippen LogP contribution < -0.4 is 10.6 Å². The van der Waals surface area contributed by atoms with Crippen LogP contribution in [-0.4, -0.2) is 42.6 Å². The summed E-state index contributed by atoms with van der Waals surface area (Å²) >= 11 is 0. The Morgan fingerprint density at radius 2 is 1.76 bits per heavy atom. The van der Waals surface area contributed by atoms with Gasteiger partial charge in [0, 0.05) is 18.5 Å². The summed E-state index contributed by atoms with van der Waals surface area (Å²) in [6, 6.07) is 10.8. The summed E-state index contributed by atoms with van der Waals surface area (Å²) in [5, 5.41) is 8.44. The summed E-state index contributed by atoms with van der Waals surface area (Å²) in [7, 11) is 0. The zero-order chi connectivity index (χ0) is 20.3. The van der Waals surface area contributed by atoms with Gasteiger partial charge in [-0.25, -0.2) is 4.98 Å². The van der Waals surface area contributed by atoms with Crippen LogP contribution >= 0.6 is 0 Å². The Hall–Kier alpha value is -1.81. The highest BCUT2D eigenvalue weighted by Crippen LogP contribution is 2.26. The van der Waals surface area contributed by atoms with Crippen molar-refractivity contribution in [3.63, 3.8) is 0 Å². The lowest BCUT2D eigenvalue weighted by atomic mass is 9.89. The van der Waals surface area contributed by atoms with E-state index in [0.29, 0.717) is 0 Å². The molecule has 4 nitrogen and oxygen atoms in total. The van der Waals surface area contributed by atoms with Gasteiger partial charge < -0.3 is 15.5 Å². The molecule has 0 unspecified atom stereocenters. The number of unbranched alkanes of at least 4 members (excludes halogenated alkanes) is 2. The van der Waals surface area contributed by atoms with Crippen molar-refractivity contribution < 1.29 is 0 Å². The van der Waals surface area contributed by atoms with E-state index in [1.807, 2.05) is 0 Å². The number of aromatic nitrogens is 1. The molecular weight excluding hydrogens is 356 g/mol. The van der Waals surface area contributed by atoms with Gasteiger partial charge in [0.2, 0.25) is 0 Å². The summed E-state index contributed by atoms with van der Waals surface area (Å²) in [5.74, 6) is 1.82. The fourth-order valence-corrected chi connectivity index (χ4v) is 4.43. The number of nitrogens with zero attached hydrogens (tertiary/aromatic N) is 2. The molecule has 1 fully saturated rings. The van der Waals surface area contributed by atoms with Gasteiger partial charge >= 0.3 is 0 Å². The number of para-hydroxylation sites is 1. The molecule has 0 saturated heterocycles. The molecule has 160 valence electrons. The summed E-state index contributed by atoms with van der Waals surface area (Å²) in [5.41, 5.74) is 2.25. The summed E-state index contributed by atoms with van der Waals surface area (Å²) in [6.45, 7) is 10.1. The van der Waals surface area contributed by atoms with E-state index in [1.54, 1.807) is 0 Å². The van der Waals surface area contributed by atoms with Crippen molar-refractivity contribution in [2.75, 3.05) is 43.4 Å². The molecule has 1 aliphatic carbocycles. The van der Waals surface area contributed by atoms with Crippen molar-refractivity contribution in [3.05, 3.63) is 30.3 Å². The van der Waals surface area contributed by atoms with E-state index in [0.717, 1.165) is 49.1 Å². The van der Waals surface area contributed by atoms with Gasteiger partial charge in [-0.2, -0.15) is 0 Å². The lowest BCUT2D eigenvalue weighted by Crippen LogP contribution is -2.23. The molecule has 2 aromatic rings. The number of pyridine rings is 1. The summed E-state index contributed by atoms with van der Waals surface area (Å²) in [6.07, 6.45) is 10.7. The molecule has 4 heteroatoms. The van der Waals surface area contributed by atoms with Crippen molar-refractivity contribution in [3.8, 4) is 0 Å². The van der Waals surface area contributed by atoms with Crippen molar-refractivity contribution in [1.82, 2.24) is 9.88 Å². The molecule has 1 aliphatic rings. The second-order valence-corrected chi connectivity index (χ2v) is 8.47. The van der Waals surface area contributed by atoms with Crippen LogP contribution in [0.5, 0.6) is 0 Å². The quantitative estimate of drug-likeness (QED) is 0.422. The SMILES string of the molecule is CCN(CC)CCCCCNc1cccc2ccc(NCC3CCCCC3)nc12. The van der Waals surface area contributed by atoms with Crippen LogP contribution in [0.4, 0.5) is 11.5 Å². The van der Waals surface area contributed by atoms with Crippen LogP contribution in [0, 0.1) is 5.92 Å². The zero-order valence-electron chi connectivity index (χ0n) is 18.6. The molecule has 0 radical (unpaired) electrons. The molecule has 2 N–H and O–H groups in total. The number of benzene rings is 1. The molecule has 1 aromatic heterocycles. The summed E-state index contributed by atoms with van der Waals surface area (Å²) < 4.78 is 0. The molecule has 0 bridgehead atoms. The number of fused-ring (bicyclic) bond motifs is 1. The van der Waals surface area contributed by atoms with Crippen LogP contribution in [0.25, 0.3) is 10.9 Å². The first kappa shape index (κ1) is 21.9. The molecule has 0 atom stereocenters. The van der Waals surface area contributed by atoms with Gasteiger partial charge in [0.15, 0.2) is 0 Å². The number of nitrogens with one attached hydrogen (secondary N) is 2. The van der Waals surface area contributed by atoms with Crippen molar-refractivity contribution >= 4 is 22.4 Å². The summed E-state index contributed by atoms with van der Waals surface area (Å²) in [4.78, 5) is 7.44. The minimum atomic E-state index is 0.811. The van der Waals surface area contributed by atoms with E-state index in [1.165, 1.54) is 63.3 Å². The Kier molecular flexibility index (Phi) is 9.07. The van der Waals surface area contributed by atoms with Crippen LogP contribution in [0.2, 0.25) is 0 Å². The lowest BCUT2D eigenvalue weighted by Gasteiger charge is -2.22. The maximum absolute atomic E-state index is 4.94. The molecular formula is C25H40N4. The standard InChI is InChI=1S/C25H40N4/c1-3-29(4-2)19-10-6-9-18-26-23-15-11-14-22-16-17-24(28-25(22)23)27-20-21-12-7-5-8-13-21/h11,14-17,21,26H,3-10,12-13,18-20H2,1-2H3,(H,27,28). The first-order valence-corrected chi connectivity index (χ1v) is 11.9. The Morgan fingerprint density at radius 1 is 0.931 bits per heavy atom. The van der Waals surface area contributed by atoms with E-state index in [9.17, 15) is 0 Å². The Bertz CT molecular complexity index is 720. The highest BCUT2D eigenvalue weighted by molar-refractivity contribution is 5.91. The molecule has 0 aliphatic heterocycles. The van der Waals surface area contributed by atoms with Gasteiger partial charge in [-0.1, -0.05) is 51.7 Å². The normalized spacial score (nSPS) is 15.1. The molecule has 1 aromatic carbocycles. The Morgan fingerprint density at radius 3 is 2.55 bits per heavy atom. The van der Waals surface area contributed by atoms with Crippen LogP contribution in [0.1, 0.15) is 65.2 Å². The highest BCUT2D eigenvalue weighted by atomic mass is 15.1. The second-order valence-electron chi connectivity index (χ2n) is 8.47. The maximum atomic E-state index is 4.94. The number of hydrogen-bond acceptors (Lipinski definition) is 4. The van der Waals surface area contributed by atoms with E-state index in [2.05, 4.69) is 59.7 Å². The highest BCUT2D eigenvalue weighted by Gasteiger charge is 2.13. The maximum Gasteiger partial charge on any atom is 0.126 e. The number of anilines is 2. The lowest BCUT2D eigenvalue weighted by molar-refractivity contribution is 0.296. The van der Waals surface area contributed by atoms with E-state index in [4.69, 9.17) is 4.98 Å². The molecule has 29 heavy (non-hydrogen) atoms. The number of hydrogen-bond donors (Lipinski definition) is 2. The van der Waals surface area contributed by atoms with E-state index in [-0.39, 0.29) is 0 Å². The molecule has 0 amide bonds.